The first-order chi connectivity index (χ1) is 10.4. The van der Waals surface area contributed by atoms with Gasteiger partial charge in [-0.15, -0.1) is 0 Å². The Hall–Kier alpha value is -2.12. The van der Waals surface area contributed by atoms with E-state index in [2.05, 4.69) is 20.0 Å². The van der Waals surface area contributed by atoms with Gasteiger partial charge in [0.2, 0.25) is 0 Å². The number of halogens is 3. The van der Waals surface area contributed by atoms with Gasteiger partial charge in [0.1, 0.15) is 12.1 Å². The van der Waals surface area contributed by atoms with Gasteiger partial charge in [-0.3, -0.25) is 4.68 Å². The Bertz CT molecular complexity index is 652. The lowest BCUT2D eigenvalue weighted by Crippen LogP contribution is -2.37. The van der Waals surface area contributed by atoms with Crippen LogP contribution >= 0.6 is 0 Å². The van der Waals surface area contributed by atoms with E-state index in [4.69, 9.17) is 0 Å². The Kier molecular flexibility index (Phi) is 3.76. The van der Waals surface area contributed by atoms with Crippen molar-refractivity contribution in [3.05, 3.63) is 36.0 Å². The van der Waals surface area contributed by atoms with Crippen LogP contribution in [-0.2, 0) is 6.18 Å². The van der Waals surface area contributed by atoms with E-state index in [0.717, 1.165) is 37.0 Å². The van der Waals surface area contributed by atoms with Crippen molar-refractivity contribution in [2.24, 2.45) is 0 Å². The summed E-state index contributed by atoms with van der Waals surface area (Å²) >= 11 is 0. The molecule has 118 valence electrons. The summed E-state index contributed by atoms with van der Waals surface area (Å²) in [5.41, 5.74) is 0.0214. The molecule has 0 saturated carbocycles. The van der Waals surface area contributed by atoms with Crippen LogP contribution in [0.25, 0.3) is 0 Å². The van der Waals surface area contributed by atoms with Gasteiger partial charge >= 0.3 is 6.18 Å². The summed E-state index contributed by atoms with van der Waals surface area (Å²) in [6.45, 7) is 3.31. The van der Waals surface area contributed by atoms with Gasteiger partial charge in [-0.2, -0.15) is 18.3 Å². The third-order valence-corrected chi connectivity index (χ3v) is 3.78. The molecule has 0 bridgehead atoms. The summed E-state index contributed by atoms with van der Waals surface area (Å²) in [7, 11) is 0. The molecular formula is C14H16F3N5. The molecule has 8 heteroatoms. The van der Waals surface area contributed by atoms with Gasteiger partial charge < -0.3 is 4.90 Å². The predicted octanol–water partition coefficient (Wildman–Crippen LogP) is 2.84. The minimum absolute atomic E-state index is 0.0832. The molecule has 1 unspecified atom stereocenters. The second kappa shape index (κ2) is 5.58. The van der Waals surface area contributed by atoms with Gasteiger partial charge in [0.15, 0.2) is 5.69 Å². The van der Waals surface area contributed by atoms with Gasteiger partial charge in [0, 0.05) is 31.0 Å². The van der Waals surface area contributed by atoms with Crippen LogP contribution in [0.15, 0.2) is 24.7 Å². The number of aromatic nitrogens is 4. The fourth-order valence-electron chi connectivity index (χ4n) is 2.68. The summed E-state index contributed by atoms with van der Waals surface area (Å²) in [5.74, 6) is 0.806. The molecule has 0 amide bonds. The number of aryl methyl sites for hydroxylation is 1. The van der Waals surface area contributed by atoms with E-state index >= 15 is 0 Å². The number of piperidine rings is 1. The number of rotatable bonds is 2. The highest BCUT2D eigenvalue weighted by Gasteiger charge is 2.34. The molecule has 0 radical (unpaired) electrons. The van der Waals surface area contributed by atoms with Gasteiger partial charge in [-0.25, -0.2) is 9.97 Å². The molecule has 3 rings (SSSR count). The van der Waals surface area contributed by atoms with Crippen LogP contribution in [0, 0.1) is 6.92 Å². The zero-order valence-corrected chi connectivity index (χ0v) is 12.1. The highest BCUT2D eigenvalue weighted by molar-refractivity contribution is 5.39. The minimum atomic E-state index is -4.40. The van der Waals surface area contributed by atoms with Crippen LogP contribution in [0.4, 0.5) is 19.0 Å². The number of alkyl halides is 3. The molecule has 22 heavy (non-hydrogen) atoms. The molecule has 2 aromatic heterocycles. The Labute approximate surface area is 125 Å². The standard InChI is InChI=1S/C14H16F3N5/c1-10-7-13(19-9-18-10)21-5-2-3-11(8-21)22-6-4-12(20-22)14(15,16)17/h4,6-7,9,11H,2-3,5,8H2,1H3. The third-order valence-electron chi connectivity index (χ3n) is 3.78. The maximum absolute atomic E-state index is 12.7. The molecule has 2 aromatic rings. The Morgan fingerprint density at radius 3 is 2.77 bits per heavy atom. The average Bonchev–Trinajstić information content (AvgIpc) is 2.97. The first-order valence-electron chi connectivity index (χ1n) is 7.09. The second-order valence-electron chi connectivity index (χ2n) is 5.44. The summed E-state index contributed by atoms with van der Waals surface area (Å²) < 4.78 is 39.4. The van der Waals surface area contributed by atoms with Crippen LogP contribution < -0.4 is 4.90 Å². The van der Waals surface area contributed by atoms with E-state index in [-0.39, 0.29) is 6.04 Å². The smallest absolute Gasteiger partial charge is 0.354 e. The Balaban J connectivity index is 1.77. The predicted molar refractivity (Wildman–Crippen MR) is 74.5 cm³/mol. The Morgan fingerprint density at radius 2 is 2.09 bits per heavy atom. The molecular weight excluding hydrogens is 295 g/mol. The fraction of sp³-hybridized carbons (Fsp3) is 0.500. The minimum Gasteiger partial charge on any atom is -0.354 e. The van der Waals surface area contributed by atoms with Crippen molar-refractivity contribution in [1.82, 2.24) is 19.7 Å². The molecule has 1 aliphatic rings. The number of hydrogen-bond acceptors (Lipinski definition) is 4. The molecule has 1 atom stereocenters. The van der Waals surface area contributed by atoms with Gasteiger partial charge in [-0.1, -0.05) is 0 Å². The van der Waals surface area contributed by atoms with Crippen molar-refractivity contribution in [2.75, 3.05) is 18.0 Å². The normalized spacial score (nSPS) is 19.5. The summed E-state index contributed by atoms with van der Waals surface area (Å²) in [6.07, 6.45) is 0.198. The van der Waals surface area contributed by atoms with Crippen LogP contribution in [0.1, 0.15) is 30.3 Å². The molecule has 0 spiro atoms. The highest BCUT2D eigenvalue weighted by Crippen LogP contribution is 2.30. The van der Waals surface area contributed by atoms with Crippen molar-refractivity contribution in [3.8, 4) is 0 Å². The SMILES string of the molecule is Cc1cc(N2CCCC(n3ccc(C(F)(F)F)n3)C2)ncn1. The first-order valence-corrected chi connectivity index (χ1v) is 7.09. The van der Waals surface area contributed by atoms with Crippen LogP contribution in [0.2, 0.25) is 0 Å². The van der Waals surface area contributed by atoms with E-state index in [1.807, 2.05) is 13.0 Å². The van der Waals surface area contributed by atoms with Gasteiger partial charge in [0.05, 0.1) is 6.04 Å². The Morgan fingerprint density at radius 1 is 1.27 bits per heavy atom. The summed E-state index contributed by atoms with van der Waals surface area (Å²) in [4.78, 5) is 10.4. The van der Waals surface area contributed by atoms with Crippen molar-refractivity contribution in [1.29, 1.82) is 0 Å². The molecule has 1 saturated heterocycles. The lowest BCUT2D eigenvalue weighted by atomic mass is 10.1. The van der Waals surface area contributed by atoms with Crippen LogP contribution in [0.5, 0.6) is 0 Å². The number of nitrogens with zero attached hydrogens (tertiary/aromatic N) is 5. The molecule has 0 N–H and O–H groups in total. The van der Waals surface area contributed by atoms with Crippen molar-refractivity contribution in [2.45, 2.75) is 32.0 Å². The van der Waals surface area contributed by atoms with E-state index in [9.17, 15) is 13.2 Å². The number of hydrogen-bond donors (Lipinski definition) is 0. The molecule has 0 aromatic carbocycles. The van der Waals surface area contributed by atoms with Gasteiger partial charge in [0.25, 0.3) is 0 Å². The van der Waals surface area contributed by atoms with Gasteiger partial charge in [-0.05, 0) is 25.8 Å². The van der Waals surface area contributed by atoms with Crippen LogP contribution in [-0.4, -0.2) is 32.8 Å². The zero-order chi connectivity index (χ0) is 15.7. The molecule has 1 aliphatic heterocycles. The average molecular weight is 311 g/mol. The van der Waals surface area contributed by atoms with E-state index in [1.54, 1.807) is 0 Å². The lowest BCUT2D eigenvalue weighted by molar-refractivity contribution is -0.141. The number of anilines is 1. The quantitative estimate of drug-likeness (QED) is 0.855. The third kappa shape index (κ3) is 3.05. The van der Waals surface area contributed by atoms with Crippen molar-refractivity contribution < 1.29 is 13.2 Å². The summed E-state index contributed by atoms with van der Waals surface area (Å²) in [5, 5.41) is 3.68. The van der Waals surface area contributed by atoms with Crippen LogP contribution in [0.3, 0.4) is 0 Å². The molecule has 0 aliphatic carbocycles. The lowest BCUT2D eigenvalue weighted by Gasteiger charge is -2.33. The fourth-order valence-corrected chi connectivity index (χ4v) is 2.68. The monoisotopic (exact) mass is 311 g/mol. The highest BCUT2D eigenvalue weighted by atomic mass is 19.4. The summed E-state index contributed by atoms with van der Waals surface area (Å²) in [6, 6.07) is 2.82. The zero-order valence-electron chi connectivity index (χ0n) is 12.1. The van der Waals surface area contributed by atoms with E-state index < -0.39 is 11.9 Å². The van der Waals surface area contributed by atoms with E-state index in [1.165, 1.54) is 17.2 Å². The second-order valence-corrected chi connectivity index (χ2v) is 5.44. The largest absolute Gasteiger partial charge is 0.435 e. The first kappa shape index (κ1) is 14.8. The maximum Gasteiger partial charge on any atom is 0.435 e. The van der Waals surface area contributed by atoms with Crippen molar-refractivity contribution >= 4 is 5.82 Å². The molecule has 1 fully saturated rings. The maximum atomic E-state index is 12.7. The van der Waals surface area contributed by atoms with Crippen molar-refractivity contribution in [3.63, 3.8) is 0 Å². The van der Waals surface area contributed by atoms with E-state index in [0.29, 0.717) is 6.54 Å². The molecule has 3 heterocycles. The molecule has 5 nitrogen and oxygen atoms in total. The topological polar surface area (TPSA) is 46.8 Å².